The number of non-ortho nitro benzene ring substituents is 1. The van der Waals surface area contributed by atoms with Crippen molar-refractivity contribution in [2.45, 2.75) is 25.0 Å². The predicted molar refractivity (Wildman–Crippen MR) is 82.6 cm³/mol. The van der Waals surface area contributed by atoms with Crippen molar-refractivity contribution in [2.24, 2.45) is 5.41 Å². The standard InChI is InChI=1S/C14H16ClNO4S/c1-20-13(17)7-14(4-5-14)9-21-8-10-2-3-11(16(18)19)6-12(10)15/h2-3,6H,4-5,7-9H2,1H3. The summed E-state index contributed by atoms with van der Waals surface area (Å²) in [6, 6.07) is 4.52. The molecule has 0 N–H and O–H groups in total. The lowest BCUT2D eigenvalue weighted by Crippen LogP contribution is -2.13. The van der Waals surface area contributed by atoms with Crippen molar-refractivity contribution in [3.63, 3.8) is 0 Å². The SMILES string of the molecule is COC(=O)CC1(CSCc2ccc([N+](=O)[O-])cc2Cl)CC1. The molecule has 0 aliphatic heterocycles. The fourth-order valence-electron chi connectivity index (χ4n) is 2.07. The second kappa shape index (κ2) is 6.66. The van der Waals surface area contributed by atoms with E-state index in [1.165, 1.54) is 19.2 Å². The summed E-state index contributed by atoms with van der Waals surface area (Å²) in [5.41, 5.74) is 0.949. The van der Waals surface area contributed by atoms with E-state index >= 15 is 0 Å². The van der Waals surface area contributed by atoms with Gasteiger partial charge < -0.3 is 4.74 Å². The number of carbonyl (C=O) groups excluding carboxylic acids is 1. The monoisotopic (exact) mass is 329 g/mol. The summed E-state index contributed by atoms with van der Waals surface area (Å²) in [5.74, 6) is 1.39. The van der Waals surface area contributed by atoms with Crippen LogP contribution in [0.2, 0.25) is 5.02 Å². The minimum atomic E-state index is -0.460. The highest BCUT2D eigenvalue weighted by atomic mass is 35.5. The largest absolute Gasteiger partial charge is 0.469 e. The molecule has 0 aromatic heterocycles. The lowest BCUT2D eigenvalue weighted by molar-refractivity contribution is -0.384. The normalized spacial score (nSPS) is 15.5. The minimum absolute atomic E-state index is 0.00176. The van der Waals surface area contributed by atoms with Crippen LogP contribution in [0.4, 0.5) is 5.69 Å². The van der Waals surface area contributed by atoms with Gasteiger partial charge in [-0.3, -0.25) is 14.9 Å². The van der Waals surface area contributed by atoms with Crippen LogP contribution in [0, 0.1) is 15.5 Å². The van der Waals surface area contributed by atoms with Gasteiger partial charge in [0.25, 0.3) is 5.69 Å². The highest BCUT2D eigenvalue weighted by Gasteiger charge is 2.44. The molecular formula is C14H16ClNO4S. The van der Waals surface area contributed by atoms with E-state index < -0.39 is 4.92 Å². The molecule has 21 heavy (non-hydrogen) atoms. The third-order valence-corrected chi connectivity index (χ3v) is 5.30. The van der Waals surface area contributed by atoms with Gasteiger partial charge >= 0.3 is 5.97 Å². The zero-order valence-corrected chi connectivity index (χ0v) is 13.2. The quantitative estimate of drug-likeness (QED) is 0.432. The predicted octanol–water partition coefficient (Wildman–Crippen LogP) is 3.82. The molecule has 7 heteroatoms. The number of thioether (sulfide) groups is 1. The summed E-state index contributed by atoms with van der Waals surface area (Å²) < 4.78 is 4.71. The van der Waals surface area contributed by atoms with Crippen LogP contribution in [0.15, 0.2) is 18.2 Å². The van der Waals surface area contributed by atoms with Gasteiger partial charge in [0.15, 0.2) is 0 Å². The van der Waals surface area contributed by atoms with E-state index in [-0.39, 0.29) is 17.1 Å². The summed E-state index contributed by atoms with van der Waals surface area (Å²) >= 11 is 7.75. The maximum absolute atomic E-state index is 11.3. The lowest BCUT2D eigenvalue weighted by Gasteiger charge is -2.13. The molecule has 0 bridgehead atoms. The molecule has 1 saturated carbocycles. The molecule has 0 heterocycles. The first kappa shape index (κ1) is 16.1. The Morgan fingerprint density at radius 3 is 2.76 bits per heavy atom. The van der Waals surface area contributed by atoms with Crippen LogP contribution in [0.5, 0.6) is 0 Å². The van der Waals surface area contributed by atoms with E-state index in [0.717, 1.165) is 24.2 Å². The average molecular weight is 330 g/mol. The zero-order valence-electron chi connectivity index (χ0n) is 11.6. The number of nitrogens with zero attached hydrogens (tertiary/aromatic N) is 1. The molecule has 0 unspecified atom stereocenters. The van der Waals surface area contributed by atoms with Crippen molar-refractivity contribution in [1.29, 1.82) is 0 Å². The van der Waals surface area contributed by atoms with Crippen LogP contribution in [-0.4, -0.2) is 23.8 Å². The molecule has 0 amide bonds. The molecule has 114 valence electrons. The molecule has 1 aliphatic carbocycles. The fourth-order valence-corrected chi connectivity index (χ4v) is 3.79. The lowest BCUT2D eigenvalue weighted by atomic mass is 10.1. The highest BCUT2D eigenvalue weighted by molar-refractivity contribution is 7.98. The summed E-state index contributed by atoms with van der Waals surface area (Å²) in [6.45, 7) is 0. The molecule has 0 radical (unpaired) electrons. The first-order valence-electron chi connectivity index (χ1n) is 6.53. The van der Waals surface area contributed by atoms with Crippen molar-refractivity contribution in [2.75, 3.05) is 12.9 Å². The van der Waals surface area contributed by atoms with Crippen molar-refractivity contribution in [1.82, 2.24) is 0 Å². The Bertz CT molecular complexity index is 560. The molecule has 0 atom stereocenters. The van der Waals surface area contributed by atoms with Crippen LogP contribution < -0.4 is 0 Å². The molecule has 5 nitrogen and oxygen atoms in total. The first-order chi connectivity index (χ1) is 9.96. The molecule has 1 aromatic rings. The maximum Gasteiger partial charge on any atom is 0.306 e. The molecular weight excluding hydrogens is 314 g/mol. The van der Waals surface area contributed by atoms with Gasteiger partial charge in [-0.15, -0.1) is 0 Å². The first-order valence-corrected chi connectivity index (χ1v) is 8.06. The minimum Gasteiger partial charge on any atom is -0.469 e. The topological polar surface area (TPSA) is 69.4 Å². The number of rotatable bonds is 7. The Kier molecular flexibility index (Phi) is 5.11. The highest BCUT2D eigenvalue weighted by Crippen LogP contribution is 2.51. The maximum atomic E-state index is 11.3. The van der Waals surface area contributed by atoms with E-state index in [1.54, 1.807) is 17.8 Å². The number of esters is 1. The third-order valence-electron chi connectivity index (χ3n) is 3.62. The number of nitro groups is 1. The number of hydrogen-bond acceptors (Lipinski definition) is 5. The van der Waals surface area contributed by atoms with Crippen LogP contribution >= 0.6 is 23.4 Å². The Labute approximate surface area is 132 Å². The molecule has 1 aliphatic rings. The van der Waals surface area contributed by atoms with Gasteiger partial charge in [-0.1, -0.05) is 11.6 Å². The van der Waals surface area contributed by atoms with E-state index in [2.05, 4.69) is 0 Å². The van der Waals surface area contributed by atoms with E-state index in [9.17, 15) is 14.9 Å². The van der Waals surface area contributed by atoms with Gasteiger partial charge in [0.1, 0.15) is 0 Å². The second-order valence-electron chi connectivity index (χ2n) is 5.28. The number of halogens is 1. The second-order valence-corrected chi connectivity index (χ2v) is 6.67. The van der Waals surface area contributed by atoms with Crippen molar-refractivity contribution >= 4 is 35.0 Å². The van der Waals surface area contributed by atoms with Crippen molar-refractivity contribution in [3.8, 4) is 0 Å². The number of nitro benzene ring substituents is 1. The number of carbonyl (C=O) groups is 1. The van der Waals surface area contributed by atoms with Crippen LogP contribution in [0.1, 0.15) is 24.8 Å². The van der Waals surface area contributed by atoms with Crippen molar-refractivity contribution < 1.29 is 14.5 Å². The molecule has 2 rings (SSSR count). The Morgan fingerprint density at radius 2 is 2.24 bits per heavy atom. The van der Waals surface area contributed by atoms with E-state index in [0.29, 0.717) is 17.2 Å². The average Bonchev–Trinajstić information content (AvgIpc) is 3.20. The van der Waals surface area contributed by atoms with Gasteiger partial charge in [-0.25, -0.2) is 0 Å². The summed E-state index contributed by atoms with van der Waals surface area (Å²) in [6.07, 6.45) is 2.55. The molecule has 0 saturated heterocycles. The van der Waals surface area contributed by atoms with Gasteiger partial charge in [-0.2, -0.15) is 11.8 Å². The van der Waals surface area contributed by atoms with Crippen LogP contribution in [-0.2, 0) is 15.3 Å². The van der Waals surface area contributed by atoms with Gasteiger partial charge in [-0.05, 0) is 35.6 Å². The summed E-state index contributed by atoms with van der Waals surface area (Å²) in [5, 5.41) is 11.1. The Balaban J connectivity index is 1.86. The Hall–Kier alpha value is -1.27. The number of hydrogen-bond donors (Lipinski definition) is 0. The van der Waals surface area contributed by atoms with Gasteiger partial charge in [0.05, 0.1) is 23.5 Å². The van der Waals surface area contributed by atoms with E-state index in [1.807, 2.05) is 0 Å². The van der Waals surface area contributed by atoms with Crippen LogP contribution in [0.25, 0.3) is 0 Å². The number of ether oxygens (including phenoxy) is 1. The molecule has 1 aromatic carbocycles. The Morgan fingerprint density at radius 1 is 1.52 bits per heavy atom. The zero-order chi connectivity index (χ0) is 15.5. The molecule has 0 spiro atoms. The molecule has 1 fully saturated rings. The van der Waals surface area contributed by atoms with Gasteiger partial charge in [0, 0.05) is 17.9 Å². The van der Waals surface area contributed by atoms with Crippen molar-refractivity contribution in [3.05, 3.63) is 38.9 Å². The summed E-state index contributed by atoms with van der Waals surface area (Å²) in [4.78, 5) is 21.5. The third kappa shape index (κ3) is 4.35. The fraction of sp³-hybridized carbons (Fsp3) is 0.500. The number of benzene rings is 1. The van der Waals surface area contributed by atoms with E-state index in [4.69, 9.17) is 16.3 Å². The van der Waals surface area contributed by atoms with Gasteiger partial charge in [0.2, 0.25) is 0 Å². The number of methoxy groups -OCH3 is 1. The van der Waals surface area contributed by atoms with Crippen LogP contribution in [0.3, 0.4) is 0 Å². The smallest absolute Gasteiger partial charge is 0.306 e. The summed E-state index contributed by atoms with van der Waals surface area (Å²) in [7, 11) is 1.40.